The zero-order chi connectivity index (χ0) is 16.4. The number of nitrogens with zero attached hydrogens (tertiary/aromatic N) is 2. The fourth-order valence-electron chi connectivity index (χ4n) is 3.07. The molecule has 0 saturated carbocycles. The van der Waals surface area contributed by atoms with Gasteiger partial charge < -0.3 is 14.8 Å². The molecule has 0 bridgehead atoms. The Hall–Kier alpha value is -2.14. The Bertz CT molecular complexity index is 695. The highest BCUT2D eigenvalue weighted by Gasteiger charge is 2.33. The van der Waals surface area contributed by atoms with Gasteiger partial charge in [0.1, 0.15) is 11.9 Å². The second-order valence-corrected chi connectivity index (χ2v) is 6.17. The number of carbonyl (C=O) groups excluding carboxylic acids is 1. The molecule has 1 N–H and O–H groups in total. The maximum absolute atomic E-state index is 14.4. The minimum Gasteiger partial charge on any atom is -0.348 e. The van der Waals surface area contributed by atoms with Crippen molar-refractivity contribution in [2.45, 2.75) is 32.5 Å². The summed E-state index contributed by atoms with van der Waals surface area (Å²) in [4.78, 5) is 14.4. The van der Waals surface area contributed by atoms with Gasteiger partial charge in [0.05, 0.1) is 6.54 Å². The van der Waals surface area contributed by atoms with Crippen molar-refractivity contribution >= 4 is 5.91 Å². The second-order valence-electron chi connectivity index (χ2n) is 6.17. The number of aromatic nitrogens is 1. The third kappa shape index (κ3) is 3.15. The van der Waals surface area contributed by atoms with Crippen LogP contribution in [0.25, 0.3) is 0 Å². The van der Waals surface area contributed by atoms with Crippen LogP contribution in [-0.2, 0) is 11.3 Å². The third-order valence-electron chi connectivity index (χ3n) is 4.22. The molecule has 0 fully saturated rings. The van der Waals surface area contributed by atoms with Crippen molar-refractivity contribution in [2.24, 2.45) is 0 Å². The molecule has 0 spiro atoms. The van der Waals surface area contributed by atoms with E-state index in [4.69, 9.17) is 0 Å². The summed E-state index contributed by atoms with van der Waals surface area (Å²) in [7, 11) is 0. The Balaban J connectivity index is 1.96. The molecule has 1 amide bonds. The Kier molecular flexibility index (Phi) is 4.48. The molecule has 0 radical (unpaired) electrons. The van der Waals surface area contributed by atoms with Crippen LogP contribution in [-0.4, -0.2) is 34.5 Å². The third-order valence-corrected chi connectivity index (χ3v) is 4.22. The van der Waals surface area contributed by atoms with E-state index < -0.39 is 0 Å². The van der Waals surface area contributed by atoms with E-state index in [2.05, 4.69) is 9.88 Å². The molecule has 122 valence electrons. The largest absolute Gasteiger partial charge is 0.348 e. The Morgan fingerprint density at radius 1 is 1.26 bits per heavy atom. The maximum Gasteiger partial charge on any atom is 0.237 e. The summed E-state index contributed by atoms with van der Waals surface area (Å²) in [5, 5.41) is 3.16. The van der Waals surface area contributed by atoms with Gasteiger partial charge in [-0.25, -0.2) is 4.39 Å². The van der Waals surface area contributed by atoms with Crippen LogP contribution in [0.2, 0.25) is 0 Å². The summed E-state index contributed by atoms with van der Waals surface area (Å²) in [6.45, 7) is 5.59. The lowest BCUT2D eigenvalue weighted by Crippen LogP contribution is -2.47. The van der Waals surface area contributed by atoms with E-state index in [-0.39, 0.29) is 30.4 Å². The first kappa shape index (κ1) is 15.7. The molecular formula is C18H22FN3O. The van der Waals surface area contributed by atoms with Crippen LogP contribution < -0.4 is 5.32 Å². The predicted molar refractivity (Wildman–Crippen MR) is 87.5 cm³/mol. The molecule has 1 atom stereocenters. The number of halogens is 1. The minimum absolute atomic E-state index is 0.000553. The number of fused-ring (bicyclic) bond motifs is 1. The van der Waals surface area contributed by atoms with Gasteiger partial charge in [0, 0.05) is 36.6 Å². The molecule has 3 rings (SSSR count). The first-order valence-electron chi connectivity index (χ1n) is 8.00. The average molecular weight is 315 g/mol. The van der Waals surface area contributed by atoms with Gasteiger partial charge in [-0.05, 0) is 18.2 Å². The van der Waals surface area contributed by atoms with Gasteiger partial charge in [0.2, 0.25) is 5.91 Å². The van der Waals surface area contributed by atoms with E-state index in [1.165, 1.54) is 6.07 Å². The molecule has 1 unspecified atom stereocenters. The van der Waals surface area contributed by atoms with Crippen LogP contribution in [0, 0.1) is 5.82 Å². The van der Waals surface area contributed by atoms with E-state index in [0.717, 1.165) is 12.2 Å². The molecule has 0 saturated heterocycles. The molecular weight excluding hydrogens is 293 g/mol. The van der Waals surface area contributed by atoms with Gasteiger partial charge in [0.15, 0.2) is 0 Å². The quantitative estimate of drug-likeness (QED) is 0.941. The lowest BCUT2D eigenvalue weighted by Gasteiger charge is -2.37. The van der Waals surface area contributed by atoms with E-state index >= 15 is 0 Å². The van der Waals surface area contributed by atoms with Gasteiger partial charge in [-0.1, -0.05) is 32.0 Å². The van der Waals surface area contributed by atoms with Crippen LogP contribution in [0.1, 0.15) is 31.1 Å². The zero-order valence-corrected chi connectivity index (χ0v) is 13.5. The molecule has 2 aromatic rings. The van der Waals surface area contributed by atoms with Crippen molar-refractivity contribution in [3.63, 3.8) is 0 Å². The van der Waals surface area contributed by atoms with Crippen LogP contribution in [0.3, 0.4) is 0 Å². The summed E-state index contributed by atoms with van der Waals surface area (Å²) in [5.41, 5.74) is 1.50. The van der Waals surface area contributed by atoms with E-state index in [9.17, 15) is 9.18 Å². The molecule has 4 nitrogen and oxygen atoms in total. The highest BCUT2D eigenvalue weighted by Crippen LogP contribution is 2.33. The molecule has 1 aliphatic heterocycles. The standard InChI is InChI=1S/C18H22FN3O/c1-13(2)20-12-17(23)22-11-10-21-9-5-8-16(21)18(22)14-6-3-4-7-15(14)19/h3-9,13,18,20H,10-12H2,1-2H3. The van der Waals surface area contributed by atoms with Crippen molar-refractivity contribution in [1.29, 1.82) is 0 Å². The monoisotopic (exact) mass is 315 g/mol. The Labute approximate surface area is 135 Å². The van der Waals surface area contributed by atoms with Crippen LogP contribution in [0.5, 0.6) is 0 Å². The molecule has 1 aromatic heterocycles. The maximum atomic E-state index is 14.4. The van der Waals surface area contributed by atoms with Gasteiger partial charge >= 0.3 is 0 Å². The number of nitrogens with one attached hydrogen (secondary N) is 1. The topological polar surface area (TPSA) is 37.3 Å². The lowest BCUT2D eigenvalue weighted by atomic mass is 9.99. The normalized spacial score (nSPS) is 17.4. The van der Waals surface area contributed by atoms with Crippen LogP contribution in [0.15, 0.2) is 42.6 Å². The van der Waals surface area contributed by atoms with Crippen molar-refractivity contribution in [2.75, 3.05) is 13.1 Å². The van der Waals surface area contributed by atoms with Crippen LogP contribution >= 0.6 is 0 Å². The van der Waals surface area contributed by atoms with E-state index in [1.54, 1.807) is 17.0 Å². The number of amides is 1. The highest BCUT2D eigenvalue weighted by molar-refractivity contribution is 5.79. The summed E-state index contributed by atoms with van der Waals surface area (Å²) in [6.07, 6.45) is 1.98. The second kappa shape index (κ2) is 6.54. The van der Waals surface area contributed by atoms with Crippen molar-refractivity contribution in [3.8, 4) is 0 Å². The fourth-order valence-corrected chi connectivity index (χ4v) is 3.07. The highest BCUT2D eigenvalue weighted by atomic mass is 19.1. The summed E-state index contributed by atoms with van der Waals surface area (Å²) in [6, 6.07) is 10.5. The van der Waals surface area contributed by atoms with Gasteiger partial charge in [-0.15, -0.1) is 0 Å². The summed E-state index contributed by atoms with van der Waals surface area (Å²) in [5.74, 6) is -0.277. The predicted octanol–water partition coefficient (Wildman–Crippen LogP) is 2.56. The lowest BCUT2D eigenvalue weighted by molar-refractivity contribution is -0.133. The molecule has 23 heavy (non-hydrogen) atoms. The van der Waals surface area contributed by atoms with Gasteiger partial charge in [-0.3, -0.25) is 4.79 Å². The van der Waals surface area contributed by atoms with Crippen molar-refractivity contribution < 1.29 is 9.18 Å². The molecule has 2 heterocycles. The summed E-state index contributed by atoms with van der Waals surface area (Å²) >= 11 is 0. The van der Waals surface area contributed by atoms with E-state index in [0.29, 0.717) is 12.1 Å². The minimum atomic E-state index is -0.374. The average Bonchev–Trinajstić information content (AvgIpc) is 3.01. The number of benzene rings is 1. The van der Waals surface area contributed by atoms with Gasteiger partial charge in [-0.2, -0.15) is 0 Å². The Morgan fingerprint density at radius 2 is 2.04 bits per heavy atom. The number of hydrogen-bond acceptors (Lipinski definition) is 2. The molecule has 1 aliphatic rings. The number of rotatable bonds is 4. The number of hydrogen-bond donors (Lipinski definition) is 1. The SMILES string of the molecule is CC(C)NCC(=O)N1CCn2cccc2C1c1ccccc1F. The van der Waals surface area contributed by atoms with E-state index in [1.807, 2.05) is 38.2 Å². The Morgan fingerprint density at radius 3 is 2.78 bits per heavy atom. The molecule has 5 heteroatoms. The molecule has 1 aromatic carbocycles. The fraction of sp³-hybridized carbons (Fsp3) is 0.389. The first-order valence-corrected chi connectivity index (χ1v) is 8.00. The number of carbonyl (C=O) groups is 1. The van der Waals surface area contributed by atoms with Crippen molar-refractivity contribution in [1.82, 2.24) is 14.8 Å². The smallest absolute Gasteiger partial charge is 0.237 e. The van der Waals surface area contributed by atoms with Gasteiger partial charge in [0.25, 0.3) is 0 Å². The first-order chi connectivity index (χ1) is 11.1. The van der Waals surface area contributed by atoms with Crippen molar-refractivity contribution in [3.05, 3.63) is 59.7 Å². The summed E-state index contributed by atoms with van der Waals surface area (Å²) < 4.78 is 16.5. The zero-order valence-electron chi connectivity index (χ0n) is 13.5. The molecule has 0 aliphatic carbocycles. The van der Waals surface area contributed by atoms with Crippen LogP contribution in [0.4, 0.5) is 4.39 Å².